The van der Waals surface area contributed by atoms with Crippen molar-refractivity contribution in [1.29, 1.82) is 0 Å². The van der Waals surface area contributed by atoms with E-state index in [2.05, 4.69) is 0 Å². The first-order valence-electron chi connectivity index (χ1n) is 6.23. The lowest BCUT2D eigenvalue weighted by molar-refractivity contribution is 0.171. The Hall–Kier alpha value is -0.950. The first-order valence-corrected chi connectivity index (χ1v) is 7.67. The van der Waals surface area contributed by atoms with Crippen molar-refractivity contribution in [3.05, 3.63) is 29.8 Å². The minimum absolute atomic E-state index is 0.123. The van der Waals surface area contributed by atoms with Crippen LogP contribution in [-0.4, -0.2) is 39.0 Å². The van der Waals surface area contributed by atoms with Gasteiger partial charge in [-0.05, 0) is 31.5 Å². The van der Waals surface area contributed by atoms with Crippen molar-refractivity contribution in [2.24, 2.45) is 5.73 Å². The second kappa shape index (κ2) is 7.00. The van der Waals surface area contributed by atoms with Gasteiger partial charge in [-0.2, -0.15) is 4.31 Å². The van der Waals surface area contributed by atoms with Gasteiger partial charge in [-0.15, -0.1) is 0 Å². The highest BCUT2D eigenvalue weighted by molar-refractivity contribution is 7.89. The van der Waals surface area contributed by atoms with Gasteiger partial charge in [0.05, 0.1) is 11.5 Å². The Kier molecular flexibility index (Phi) is 5.93. The second-order valence-electron chi connectivity index (χ2n) is 4.55. The van der Waals surface area contributed by atoms with Crippen LogP contribution in [0.3, 0.4) is 0 Å². The summed E-state index contributed by atoms with van der Waals surface area (Å²) in [5.41, 5.74) is 6.35. The highest BCUT2D eigenvalue weighted by atomic mass is 32.2. The average molecular weight is 286 g/mol. The van der Waals surface area contributed by atoms with Gasteiger partial charge in [0, 0.05) is 26.2 Å². The maximum absolute atomic E-state index is 12.6. The van der Waals surface area contributed by atoms with Gasteiger partial charge in [0.1, 0.15) is 0 Å². The molecule has 1 aromatic carbocycles. The molecule has 1 rings (SSSR count). The predicted molar refractivity (Wildman–Crippen MR) is 75.2 cm³/mol. The lowest BCUT2D eigenvalue weighted by atomic mass is 10.2. The number of ether oxygens (including phenoxy) is 1. The van der Waals surface area contributed by atoms with Crippen molar-refractivity contribution in [2.75, 3.05) is 20.3 Å². The van der Waals surface area contributed by atoms with Gasteiger partial charge in [0.25, 0.3) is 0 Å². The third kappa shape index (κ3) is 4.01. The number of benzene rings is 1. The van der Waals surface area contributed by atoms with Crippen molar-refractivity contribution in [1.82, 2.24) is 4.31 Å². The van der Waals surface area contributed by atoms with Crippen molar-refractivity contribution < 1.29 is 13.2 Å². The zero-order chi connectivity index (χ0) is 14.5. The van der Waals surface area contributed by atoms with Crippen LogP contribution in [0.15, 0.2) is 29.2 Å². The molecule has 19 heavy (non-hydrogen) atoms. The van der Waals surface area contributed by atoms with Crippen LogP contribution in [0.4, 0.5) is 0 Å². The third-order valence-electron chi connectivity index (χ3n) is 2.83. The Morgan fingerprint density at radius 2 is 2.05 bits per heavy atom. The maximum atomic E-state index is 12.6. The maximum Gasteiger partial charge on any atom is 0.243 e. The van der Waals surface area contributed by atoms with Gasteiger partial charge in [-0.1, -0.05) is 12.1 Å². The highest BCUT2D eigenvalue weighted by Gasteiger charge is 2.26. The van der Waals surface area contributed by atoms with Gasteiger partial charge >= 0.3 is 0 Å². The molecule has 0 fully saturated rings. The number of hydrogen-bond acceptors (Lipinski definition) is 4. The molecule has 0 unspecified atom stereocenters. The largest absolute Gasteiger partial charge is 0.383 e. The Morgan fingerprint density at radius 3 is 2.58 bits per heavy atom. The Labute approximate surface area is 115 Å². The Balaban J connectivity index is 3.11. The molecule has 0 bridgehead atoms. The van der Waals surface area contributed by atoms with Crippen molar-refractivity contribution >= 4 is 10.0 Å². The monoisotopic (exact) mass is 286 g/mol. The summed E-state index contributed by atoms with van der Waals surface area (Å²) in [6.07, 6.45) is 0. The number of rotatable bonds is 7. The predicted octanol–water partition coefficient (Wildman–Crippen LogP) is 1.19. The lowest BCUT2D eigenvalue weighted by Gasteiger charge is -2.25. The number of methoxy groups -OCH3 is 1. The topological polar surface area (TPSA) is 72.6 Å². The molecule has 0 spiro atoms. The fourth-order valence-electron chi connectivity index (χ4n) is 1.81. The van der Waals surface area contributed by atoms with Gasteiger partial charge in [0.2, 0.25) is 10.0 Å². The molecule has 2 N–H and O–H groups in total. The van der Waals surface area contributed by atoms with Crippen LogP contribution in [-0.2, 0) is 21.3 Å². The molecule has 0 aliphatic carbocycles. The van der Waals surface area contributed by atoms with Crippen LogP contribution in [0.1, 0.15) is 19.4 Å². The van der Waals surface area contributed by atoms with E-state index in [1.165, 1.54) is 4.31 Å². The van der Waals surface area contributed by atoms with Gasteiger partial charge in [-0.3, -0.25) is 0 Å². The van der Waals surface area contributed by atoms with Crippen LogP contribution in [0, 0.1) is 0 Å². The summed E-state index contributed by atoms with van der Waals surface area (Å²) in [6.45, 7) is 4.72. The minimum atomic E-state index is -3.51. The quantitative estimate of drug-likeness (QED) is 0.817. The Morgan fingerprint density at radius 1 is 1.37 bits per heavy atom. The molecule has 1 aromatic rings. The molecule has 0 heterocycles. The summed E-state index contributed by atoms with van der Waals surface area (Å²) >= 11 is 0. The molecule has 0 atom stereocenters. The van der Waals surface area contributed by atoms with E-state index >= 15 is 0 Å². The molecule has 0 saturated carbocycles. The van der Waals surface area contributed by atoms with Crippen LogP contribution in [0.2, 0.25) is 0 Å². The van der Waals surface area contributed by atoms with Crippen LogP contribution in [0.5, 0.6) is 0 Å². The molecule has 0 saturated heterocycles. The summed E-state index contributed by atoms with van der Waals surface area (Å²) in [5.74, 6) is 0. The fourth-order valence-corrected chi connectivity index (χ4v) is 3.50. The fraction of sp³-hybridized carbons (Fsp3) is 0.538. The van der Waals surface area contributed by atoms with Gasteiger partial charge in [0.15, 0.2) is 0 Å². The van der Waals surface area contributed by atoms with Crippen LogP contribution >= 0.6 is 0 Å². The smallest absolute Gasteiger partial charge is 0.243 e. The first-order chi connectivity index (χ1) is 8.93. The van der Waals surface area contributed by atoms with E-state index in [9.17, 15) is 8.42 Å². The van der Waals surface area contributed by atoms with E-state index in [1.807, 2.05) is 19.9 Å². The number of nitrogens with two attached hydrogens (primary N) is 1. The molecule has 0 aliphatic heterocycles. The molecular formula is C13H22N2O3S. The van der Waals surface area contributed by atoms with E-state index in [0.717, 1.165) is 5.56 Å². The average Bonchev–Trinajstić information content (AvgIpc) is 2.38. The standard InChI is InChI=1S/C13H22N2O3S/c1-11(2)15(7-8-18-3)19(16,17)13-6-4-5-12(9-13)10-14/h4-6,9,11H,7-8,10,14H2,1-3H3. The highest BCUT2D eigenvalue weighted by Crippen LogP contribution is 2.19. The van der Waals surface area contributed by atoms with E-state index in [-0.39, 0.29) is 10.9 Å². The summed E-state index contributed by atoms with van der Waals surface area (Å²) in [7, 11) is -1.95. The first kappa shape index (κ1) is 16.1. The van der Waals surface area contributed by atoms with E-state index in [4.69, 9.17) is 10.5 Å². The van der Waals surface area contributed by atoms with Gasteiger partial charge < -0.3 is 10.5 Å². The number of sulfonamides is 1. The normalized spacial score (nSPS) is 12.3. The van der Waals surface area contributed by atoms with E-state index in [0.29, 0.717) is 19.7 Å². The Bertz CT molecular complexity index is 500. The SMILES string of the molecule is COCCN(C(C)C)S(=O)(=O)c1cccc(CN)c1. The molecule has 6 heteroatoms. The van der Waals surface area contributed by atoms with Gasteiger partial charge in [-0.25, -0.2) is 8.42 Å². The third-order valence-corrected chi connectivity index (χ3v) is 4.90. The van der Waals surface area contributed by atoms with Crippen molar-refractivity contribution in [3.8, 4) is 0 Å². The molecule has 108 valence electrons. The molecular weight excluding hydrogens is 264 g/mol. The molecule has 0 radical (unpaired) electrons. The summed E-state index contributed by atoms with van der Waals surface area (Å²) in [5, 5.41) is 0. The van der Waals surface area contributed by atoms with E-state index in [1.54, 1.807) is 25.3 Å². The lowest BCUT2D eigenvalue weighted by Crippen LogP contribution is -2.39. The van der Waals surface area contributed by atoms with Crippen molar-refractivity contribution in [2.45, 2.75) is 31.3 Å². The second-order valence-corrected chi connectivity index (χ2v) is 6.44. The summed E-state index contributed by atoms with van der Waals surface area (Å²) in [6, 6.07) is 6.62. The van der Waals surface area contributed by atoms with Crippen LogP contribution < -0.4 is 5.73 Å². The molecule has 0 aliphatic rings. The minimum Gasteiger partial charge on any atom is -0.383 e. The van der Waals surface area contributed by atoms with E-state index < -0.39 is 10.0 Å². The van der Waals surface area contributed by atoms with Crippen LogP contribution in [0.25, 0.3) is 0 Å². The number of nitrogens with zero attached hydrogens (tertiary/aromatic N) is 1. The van der Waals surface area contributed by atoms with Crippen molar-refractivity contribution in [3.63, 3.8) is 0 Å². The number of hydrogen-bond donors (Lipinski definition) is 1. The summed E-state index contributed by atoms with van der Waals surface area (Å²) < 4.78 is 31.6. The molecule has 0 amide bonds. The zero-order valence-electron chi connectivity index (χ0n) is 11.7. The molecule has 0 aromatic heterocycles. The summed E-state index contributed by atoms with van der Waals surface area (Å²) in [4.78, 5) is 0.278. The zero-order valence-corrected chi connectivity index (χ0v) is 12.5. The molecule has 5 nitrogen and oxygen atoms in total.